The molecule has 0 fully saturated rings. The summed E-state index contributed by atoms with van der Waals surface area (Å²) in [5.74, 6) is -0.393. The van der Waals surface area contributed by atoms with E-state index < -0.39 is 6.04 Å². The Morgan fingerprint density at radius 2 is 1.71 bits per heavy atom. The quantitative estimate of drug-likeness (QED) is 0.768. The molecule has 1 atom stereocenters. The smallest absolute Gasteiger partial charge is 0.251 e. The summed E-state index contributed by atoms with van der Waals surface area (Å²) >= 11 is 0. The molecule has 0 radical (unpaired) electrons. The number of rotatable bonds is 8. The molecule has 0 bridgehead atoms. The first kappa shape index (κ1) is 20.2. The highest BCUT2D eigenvalue weighted by Gasteiger charge is 2.18. The van der Waals surface area contributed by atoms with Crippen LogP contribution in [0.15, 0.2) is 24.3 Å². The van der Waals surface area contributed by atoms with Gasteiger partial charge in [0.2, 0.25) is 5.91 Å². The van der Waals surface area contributed by atoms with Crippen LogP contribution in [0, 0.1) is 6.92 Å². The molecule has 0 heterocycles. The van der Waals surface area contributed by atoms with Crippen LogP contribution in [0.5, 0.6) is 0 Å². The van der Waals surface area contributed by atoms with Gasteiger partial charge in [0.15, 0.2) is 0 Å². The molecule has 5 nitrogen and oxygen atoms in total. The highest BCUT2D eigenvalue weighted by molar-refractivity contribution is 5.97. The van der Waals surface area contributed by atoms with Crippen molar-refractivity contribution in [2.24, 2.45) is 0 Å². The fourth-order valence-electron chi connectivity index (χ4n) is 2.71. The predicted molar refractivity (Wildman–Crippen MR) is 98.1 cm³/mol. The van der Waals surface area contributed by atoms with Gasteiger partial charge in [0.25, 0.3) is 5.91 Å². The minimum absolute atomic E-state index is 0.163. The van der Waals surface area contributed by atoms with Crippen LogP contribution in [0.4, 0.5) is 0 Å². The number of carbonyl (C=O) groups is 2. The van der Waals surface area contributed by atoms with E-state index in [-0.39, 0.29) is 11.8 Å². The maximum Gasteiger partial charge on any atom is 0.251 e. The number of benzene rings is 1. The highest BCUT2D eigenvalue weighted by Crippen LogP contribution is 2.05. The average molecular weight is 333 g/mol. The molecular formula is C19H31N3O2. The Morgan fingerprint density at radius 1 is 1.08 bits per heavy atom. The van der Waals surface area contributed by atoms with Gasteiger partial charge in [-0.2, -0.15) is 0 Å². The molecule has 0 saturated carbocycles. The summed E-state index contributed by atoms with van der Waals surface area (Å²) in [5, 5.41) is 5.64. The number of nitrogens with one attached hydrogen (secondary N) is 2. The Labute approximate surface area is 145 Å². The largest absolute Gasteiger partial charge is 0.353 e. The zero-order valence-corrected chi connectivity index (χ0v) is 15.7. The monoisotopic (exact) mass is 333 g/mol. The molecule has 134 valence electrons. The number of amides is 2. The van der Waals surface area contributed by atoms with E-state index in [0.29, 0.717) is 24.2 Å². The molecule has 24 heavy (non-hydrogen) atoms. The number of hydrogen-bond donors (Lipinski definition) is 2. The lowest BCUT2D eigenvalue weighted by Crippen LogP contribution is -2.48. The molecule has 0 aliphatic rings. The van der Waals surface area contributed by atoms with Gasteiger partial charge in [-0.1, -0.05) is 17.7 Å². The van der Waals surface area contributed by atoms with Crippen LogP contribution in [0.2, 0.25) is 0 Å². The van der Waals surface area contributed by atoms with Crippen molar-refractivity contribution in [3.8, 4) is 0 Å². The minimum Gasteiger partial charge on any atom is -0.353 e. The molecule has 0 spiro atoms. The van der Waals surface area contributed by atoms with Gasteiger partial charge >= 0.3 is 0 Å². The summed E-state index contributed by atoms with van der Waals surface area (Å²) < 4.78 is 0. The van der Waals surface area contributed by atoms with Crippen LogP contribution < -0.4 is 10.6 Å². The Balaban J connectivity index is 2.46. The summed E-state index contributed by atoms with van der Waals surface area (Å²) in [6, 6.07) is 7.62. The summed E-state index contributed by atoms with van der Waals surface area (Å²) in [5.41, 5.74) is 1.59. The van der Waals surface area contributed by atoms with Crippen molar-refractivity contribution < 1.29 is 9.59 Å². The third kappa shape index (κ3) is 6.32. The summed E-state index contributed by atoms with van der Waals surface area (Å²) in [6.07, 6.45) is 0. The number of nitrogens with zero attached hydrogens (tertiary/aromatic N) is 1. The van der Waals surface area contributed by atoms with Crippen molar-refractivity contribution in [1.82, 2.24) is 15.5 Å². The van der Waals surface area contributed by atoms with E-state index in [9.17, 15) is 9.59 Å². The molecular weight excluding hydrogens is 302 g/mol. The van der Waals surface area contributed by atoms with Gasteiger partial charge in [-0.05, 0) is 53.7 Å². The van der Waals surface area contributed by atoms with Crippen LogP contribution in [0.3, 0.4) is 0 Å². The second-order valence-electron chi connectivity index (χ2n) is 6.78. The van der Waals surface area contributed by atoms with E-state index in [2.05, 4.69) is 43.2 Å². The minimum atomic E-state index is -0.565. The first-order chi connectivity index (χ1) is 11.2. The number of aryl methyl sites for hydroxylation is 1. The Hall–Kier alpha value is -1.88. The van der Waals surface area contributed by atoms with Crippen molar-refractivity contribution in [1.29, 1.82) is 0 Å². The molecule has 0 saturated heterocycles. The zero-order chi connectivity index (χ0) is 18.3. The van der Waals surface area contributed by atoms with Crippen molar-refractivity contribution in [2.75, 3.05) is 13.1 Å². The molecule has 1 rings (SSSR count). The fraction of sp³-hybridized carbons (Fsp3) is 0.579. The van der Waals surface area contributed by atoms with Crippen molar-refractivity contribution in [3.05, 3.63) is 35.4 Å². The first-order valence-corrected chi connectivity index (χ1v) is 8.63. The molecule has 5 heteroatoms. The lowest BCUT2D eigenvalue weighted by atomic mass is 10.1. The Kier molecular flexibility index (Phi) is 7.92. The van der Waals surface area contributed by atoms with E-state index in [1.54, 1.807) is 13.0 Å². The second kappa shape index (κ2) is 9.42. The maximum atomic E-state index is 12.2. The van der Waals surface area contributed by atoms with E-state index in [4.69, 9.17) is 0 Å². The average Bonchev–Trinajstić information content (AvgIpc) is 2.50. The standard InChI is InChI=1S/C19H31N3O2/c1-13(2)22(14(3)4)11-10-20-18(23)16(6)21-19(24)17-9-7-8-15(5)12-17/h7-9,12-14,16H,10-11H2,1-6H3,(H,20,23)(H,21,24). The molecule has 1 aromatic carbocycles. The van der Waals surface area contributed by atoms with E-state index in [1.807, 2.05) is 25.1 Å². The Bertz CT molecular complexity index is 547. The summed E-state index contributed by atoms with van der Waals surface area (Å²) in [7, 11) is 0. The SMILES string of the molecule is Cc1cccc(C(=O)NC(C)C(=O)NCCN(C(C)C)C(C)C)c1. The van der Waals surface area contributed by atoms with Crippen molar-refractivity contribution in [2.45, 2.75) is 59.7 Å². The van der Waals surface area contributed by atoms with E-state index in [0.717, 1.165) is 12.1 Å². The number of hydrogen-bond acceptors (Lipinski definition) is 3. The second-order valence-corrected chi connectivity index (χ2v) is 6.78. The van der Waals surface area contributed by atoms with E-state index in [1.165, 1.54) is 0 Å². The summed E-state index contributed by atoms with van der Waals surface area (Å²) in [4.78, 5) is 26.6. The van der Waals surface area contributed by atoms with Gasteiger partial charge in [0, 0.05) is 30.7 Å². The normalized spacial score (nSPS) is 12.5. The third-order valence-electron chi connectivity index (χ3n) is 4.02. The highest BCUT2D eigenvalue weighted by atomic mass is 16.2. The van der Waals surface area contributed by atoms with Gasteiger partial charge in [-0.25, -0.2) is 0 Å². The molecule has 2 amide bonds. The first-order valence-electron chi connectivity index (χ1n) is 8.63. The van der Waals surface area contributed by atoms with Gasteiger partial charge < -0.3 is 10.6 Å². The van der Waals surface area contributed by atoms with Gasteiger partial charge in [0.05, 0.1) is 0 Å². The molecule has 0 aliphatic carbocycles. The van der Waals surface area contributed by atoms with Crippen molar-refractivity contribution >= 4 is 11.8 Å². The maximum absolute atomic E-state index is 12.2. The van der Waals surface area contributed by atoms with Crippen LogP contribution in [0.1, 0.15) is 50.5 Å². The molecule has 2 N–H and O–H groups in total. The van der Waals surface area contributed by atoms with Crippen LogP contribution in [-0.2, 0) is 4.79 Å². The van der Waals surface area contributed by atoms with Crippen molar-refractivity contribution in [3.63, 3.8) is 0 Å². The number of carbonyl (C=O) groups excluding carboxylic acids is 2. The Morgan fingerprint density at radius 3 is 2.25 bits per heavy atom. The van der Waals surface area contributed by atoms with Gasteiger partial charge in [-0.3, -0.25) is 14.5 Å². The van der Waals surface area contributed by atoms with E-state index >= 15 is 0 Å². The fourth-order valence-corrected chi connectivity index (χ4v) is 2.71. The predicted octanol–water partition coefficient (Wildman–Crippen LogP) is 2.35. The summed E-state index contributed by atoms with van der Waals surface area (Å²) in [6.45, 7) is 13.6. The third-order valence-corrected chi connectivity index (χ3v) is 4.02. The molecule has 1 aromatic rings. The lowest BCUT2D eigenvalue weighted by molar-refractivity contribution is -0.122. The zero-order valence-electron chi connectivity index (χ0n) is 15.7. The van der Waals surface area contributed by atoms with Gasteiger partial charge in [-0.15, -0.1) is 0 Å². The molecule has 1 unspecified atom stereocenters. The topological polar surface area (TPSA) is 61.4 Å². The van der Waals surface area contributed by atoms with Crippen LogP contribution in [-0.4, -0.2) is 47.9 Å². The lowest BCUT2D eigenvalue weighted by Gasteiger charge is -2.30. The van der Waals surface area contributed by atoms with Crippen LogP contribution in [0.25, 0.3) is 0 Å². The molecule has 0 aliphatic heterocycles. The van der Waals surface area contributed by atoms with Crippen LogP contribution >= 0.6 is 0 Å². The molecule has 0 aromatic heterocycles. The van der Waals surface area contributed by atoms with Gasteiger partial charge in [0.1, 0.15) is 6.04 Å².